The summed E-state index contributed by atoms with van der Waals surface area (Å²) in [6, 6.07) is 0.476. The fraction of sp³-hybridized carbons (Fsp3) is 0.250. The first-order valence-electron chi connectivity index (χ1n) is 4.84. The van der Waals surface area contributed by atoms with Gasteiger partial charge in [0.1, 0.15) is 23.0 Å². The summed E-state index contributed by atoms with van der Waals surface area (Å²) < 4.78 is 39.1. The van der Waals surface area contributed by atoms with E-state index in [4.69, 9.17) is 6.42 Å². The molecule has 1 amide bonds. The molecule has 1 N–H and O–H groups in total. The third-order valence-electron chi connectivity index (χ3n) is 2.04. The molecule has 1 atom stereocenters. The minimum atomic E-state index is -1.24. The number of nitrogens with one attached hydrogen (secondary N) is 1. The van der Waals surface area contributed by atoms with Crippen molar-refractivity contribution in [2.24, 2.45) is 0 Å². The lowest BCUT2D eigenvalue weighted by Gasteiger charge is -2.11. The fourth-order valence-corrected chi connectivity index (χ4v) is 1.28. The third-order valence-corrected chi connectivity index (χ3v) is 2.04. The van der Waals surface area contributed by atoms with Crippen LogP contribution in [0.25, 0.3) is 0 Å². The lowest BCUT2D eigenvalue weighted by atomic mass is 10.1. The average Bonchev–Trinajstić information content (AvgIpc) is 2.15. The summed E-state index contributed by atoms with van der Waals surface area (Å²) in [5, 5.41) is 2.31. The number of amides is 1. The predicted octanol–water partition coefficient (Wildman–Crippen LogP) is 2.25. The second-order valence-corrected chi connectivity index (χ2v) is 3.53. The topological polar surface area (TPSA) is 29.1 Å². The average molecular weight is 241 g/mol. The fourth-order valence-electron chi connectivity index (χ4n) is 1.28. The molecule has 90 valence electrons. The van der Waals surface area contributed by atoms with Crippen molar-refractivity contribution < 1.29 is 18.0 Å². The monoisotopic (exact) mass is 241 g/mol. The zero-order chi connectivity index (χ0) is 13.0. The number of rotatable bonds is 3. The van der Waals surface area contributed by atoms with E-state index >= 15 is 0 Å². The maximum absolute atomic E-state index is 13.2. The van der Waals surface area contributed by atoms with Crippen LogP contribution >= 0.6 is 0 Å². The predicted molar refractivity (Wildman–Crippen MR) is 56.7 cm³/mol. The first-order chi connectivity index (χ1) is 7.95. The number of hydrogen-bond donors (Lipinski definition) is 1. The lowest BCUT2D eigenvalue weighted by Crippen LogP contribution is -2.33. The largest absolute Gasteiger partial charge is 0.348 e. The summed E-state index contributed by atoms with van der Waals surface area (Å²) in [6.07, 6.45) is 5.26. The molecule has 0 aliphatic carbocycles. The molecule has 5 heteroatoms. The van der Waals surface area contributed by atoms with Gasteiger partial charge in [-0.3, -0.25) is 4.79 Å². The molecule has 0 bridgehead atoms. The van der Waals surface area contributed by atoms with E-state index in [-0.39, 0.29) is 6.42 Å². The molecule has 0 radical (unpaired) electrons. The molecule has 1 aromatic carbocycles. The van der Waals surface area contributed by atoms with E-state index in [1.54, 1.807) is 6.92 Å². The highest BCUT2D eigenvalue weighted by Crippen LogP contribution is 2.14. The zero-order valence-corrected chi connectivity index (χ0v) is 9.06. The maximum atomic E-state index is 13.2. The summed E-state index contributed by atoms with van der Waals surface area (Å²) in [7, 11) is 0. The van der Waals surface area contributed by atoms with E-state index in [0.717, 1.165) is 0 Å². The number of hydrogen-bond acceptors (Lipinski definition) is 1. The lowest BCUT2D eigenvalue weighted by molar-refractivity contribution is 0.0932. The molecule has 0 spiro atoms. The Kier molecular flexibility index (Phi) is 4.16. The molecule has 0 heterocycles. The Hall–Kier alpha value is -1.96. The van der Waals surface area contributed by atoms with Crippen molar-refractivity contribution in [2.75, 3.05) is 0 Å². The van der Waals surface area contributed by atoms with Crippen molar-refractivity contribution in [3.8, 4) is 12.3 Å². The van der Waals surface area contributed by atoms with Crippen LogP contribution in [0.5, 0.6) is 0 Å². The number of halogens is 3. The Morgan fingerprint density at radius 2 is 1.94 bits per heavy atom. The number of terminal acetylenes is 1. The number of benzene rings is 1. The van der Waals surface area contributed by atoms with Crippen molar-refractivity contribution in [3.63, 3.8) is 0 Å². The first-order valence-corrected chi connectivity index (χ1v) is 4.84. The minimum Gasteiger partial charge on any atom is -0.348 e. The molecule has 0 saturated heterocycles. The summed E-state index contributed by atoms with van der Waals surface area (Å²) in [5.41, 5.74) is -0.810. The van der Waals surface area contributed by atoms with E-state index in [9.17, 15) is 18.0 Å². The van der Waals surface area contributed by atoms with E-state index in [2.05, 4.69) is 11.2 Å². The molecule has 1 rings (SSSR count). The van der Waals surface area contributed by atoms with Gasteiger partial charge in [0.15, 0.2) is 0 Å². The summed E-state index contributed by atoms with van der Waals surface area (Å²) in [4.78, 5) is 11.5. The highest BCUT2D eigenvalue weighted by atomic mass is 19.1. The van der Waals surface area contributed by atoms with Crippen LogP contribution in [0.4, 0.5) is 13.2 Å². The SMILES string of the molecule is C#CCC(C)NC(=O)c1c(F)cc(F)cc1F. The van der Waals surface area contributed by atoms with Gasteiger partial charge < -0.3 is 5.32 Å². The maximum Gasteiger partial charge on any atom is 0.257 e. The standard InChI is InChI=1S/C12H10F3NO/c1-3-4-7(2)16-12(17)11-9(14)5-8(13)6-10(11)15/h1,5-7H,4H2,2H3,(H,16,17). The van der Waals surface area contributed by atoms with Crippen LogP contribution in [-0.2, 0) is 0 Å². The highest BCUT2D eigenvalue weighted by molar-refractivity contribution is 5.94. The molecular formula is C12H10F3NO. The van der Waals surface area contributed by atoms with Crippen molar-refractivity contribution in [1.82, 2.24) is 5.32 Å². The van der Waals surface area contributed by atoms with Crippen molar-refractivity contribution in [3.05, 3.63) is 35.1 Å². The zero-order valence-electron chi connectivity index (χ0n) is 9.06. The summed E-state index contributed by atoms with van der Waals surface area (Å²) in [5.74, 6) is -2.22. The summed E-state index contributed by atoms with van der Waals surface area (Å²) in [6.45, 7) is 1.59. The first kappa shape index (κ1) is 13.1. The summed E-state index contributed by atoms with van der Waals surface area (Å²) >= 11 is 0. The van der Waals surface area contributed by atoms with Gasteiger partial charge in [0, 0.05) is 24.6 Å². The number of carbonyl (C=O) groups is 1. The highest BCUT2D eigenvalue weighted by Gasteiger charge is 2.19. The quantitative estimate of drug-likeness (QED) is 0.808. The molecule has 1 aromatic rings. The molecule has 0 aliphatic heterocycles. The molecule has 0 fully saturated rings. The van der Waals surface area contributed by atoms with E-state index in [1.807, 2.05) is 0 Å². The molecule has 1 unspecified atom stereocenters. The van der Waals surface area contributed by atoms with Gasteiger partial charge in [-0.1, -0.05) is 0 Å². The molecule has 17 heavy (non-hydrogen) atoms. The van der Waals surface area contributed by atoms with Gasteiger partial charge in [0.25, 0.3) is 5.91 Å². The van der Waals surface area contributed by atoms with Crippen molar-refractivity contribution in [2.45, 2.75) is 19.4 Å². The van der Waals surface area contributed by atoms with Gasteiger partial charge in [-0.2, -0.15) is 0 Å². The van der Waals surface area contributed by atoms with Crippen LogP contribution in [0.15, 0.2) is 12.1 Å². The Labute approximate surface area is 96.8 Å². The van der Waals surface area contributed by atoms with E-state index in [1.165, 1.54) is 0 Å². The van der Waals surface area contributed by atoms with Crippen molar-refractivity contribution in [1.29, 1.82) is 0 Å². The van der Waals surface area contributed by atoms with Gasteiger partial charge in [-0.05, 0) is 6.92 Å². The van der Waals surface area contributed by atoms with E-state index < -0.39 is 35.0 Å². The van der Waals surface area contributed by atoms with Crippen molar-refractivity contribution >= 4 is 5.91 Å². The molecule has 0 aromatic heterocycles. The van der Waals surface area contributed by atoms with Gasteiger partial charge in [0.05, 0.1) is 0 Å². The van der Waals surface area contributed by atoms with Crippen LogP contribution in [0.1, 0.15) is 23.7 Å². The Balaban J connectivity index is 2.94. The molecule has 0 saturated carbocycles. The molecular weight excluding hydrogens is 231 g/mol. The second-order valence-electron chi connectivity index (χ2n) is 3.53. The number of carbonyl (C=O) groups excluding carboxylic acids is 1. The van der Waals surface area contributed by atoms with Gasteiger partial charge in [-0.15, -0.1) is 12.3 Å². The second kappa shape index (κ2) is 5.39. The van der Waals surface area contributed by atoms with Gasteiger partial charge >= 0.3 is 0 Å². The Bertz CT molecular complexity index is 456. The van der Waals surface area contributed by atoms with E-state index in [0.29, 0.717) is 12.1 Å². The Morgan fingerprint density at radius 3 is 2.41 bits per heavy atom. The van der Waals surface area contributed by atoms with Crippen LogP contribution in [-0.4, -0.2) is 11.9 Å². The third kappa shape index (κ3) is 3.25. The Morgan fingerprint density at radius 1 is 1.41 bits per heavy atom. The van der Waals surface area contributed by atoms with Crippen LogP contribution < -0.4 is 5.32 Å². The normalized spacial score (nSPS) is 11.7. The van der Waals surface area contributed by atoms with Gasteiger partial charge in [0.2, 0.25) is 0 Å². The molecule has 2 nitrogen and oxygen atoms in total. The molecule has 0 aliphatic rings. The smallest absolute Gasteiger partial charge is 0.257 e. The minimum absolute atomic E-state index is 0.232. The van der Waals surface area contributed by atoms with Gasteiger partial charge in [-0.25, -0.2) is 13.2 Å². The van der Waals surface area contributed by atoms with Crippen LogP contribution in [0.2, 0.25) is 0 Å². The van der Waals surface area contributed by atoms with Crippen LogP contribution in [0, 0.1) is 29.8 Å². The van der Waals surface area contributed by atoms with Crippen LogP contribution in [0.3, 0.4) is 0 Å².